The van der Waals surface area contributed by atoms with Crippen LogP contribution in [0.5, 0.6) is 0 Å². The van der Waals surface area contributed by atoms with E-state index < -0.39 is 0 Å². The van der Waals surface area contributed by atoms with Crippen molar-refractivity contribution in [3.8, 4) is 0 Å². The van der Waals surface area contributed by atoms with Crippen molar-refractivity contribution in [1.29, 1.82) is 0 Å². The van der Waals surface area contributed by atoms with Crippen LogP contribution in [0, 0.1) is 5.92 Å². The van der Waals surface area contributed by atoms with E-state index in [0.717, 1.165) is 56.4 Å². The molecule has 0 amide bonds. The minimum atomic E-state index is 0. The fourth-order valence-corrected chi connectivity index (χ4v) is 4.77. The third kappa shape index (κ3) is 6.64. The van der Waals surface area contributed by atoms with Crippen LogP contribution in [0.1, 0.15) is 38.9 Å². The Morgan fingerprint density at radius 3 is 3.04 bits per heavy atom. The molecule has 2 aliphatic rings. The quantitative estimate of drug-likeness (QED) is 0.360. The fourth-order valence-electron chi connectivity index (χ4n) is 3.39. The molecule has 2 fully saturated rings. The molecule has 3 rings (SSSR count). The normalized spacial score (nSPS) is 26.1. The number of ether oxygens (including phenoxy) is 1. The standard InChI is InChI=1S/C19H31N3O2S.HI/c1-15(2)13-21-18(20-8-5-17-4-3-9-23-17)22-16-6-10-24-19(12-16)7-11-25-14-19;/h3-4,9,15-16H,5-8,10-14H2,1-2H3,(H2,20,21,22);1H. The number of furan rings is 1. The molecule has 0 aromatic carbocycles. The van der Waals surface area contributed by atoms with Crippen molar-refractivity contribution in [3.05, 3.63) is 24.2 Å². The molecular formula is C19H32IN3O2S. The summed E-state index contributed by atoms with van der Waals surface area (Å²) in [5.74, 6) is 4.84. The first kappa shape index (κ1) is 21.9. The lowest BCUT2D eigenvalue weighted by Crippen LogP contribution is -2.51. The van der Waals surface area contributed by atoms with Crippen molar-refractivity contribution < 1.29 is 9.15 Å². The van der Waals surface area contributed by atoms with Gasteiger partial charge in [0.1, 0.15) is 5.76 Å². The molecule has 2 unspecified atom stereocenters. The number of rotatable bonds is 6. The molecule has 1 aromatic rings. The molecule has 0 aliphatic carbocycles. The van der Waals surface area contributed by atoms with Crippen molar-refractivity contribution in [2.45, 2.75) is 51.2 Å². The lowest BCUT2D eigenvalue weighted by molar-refractivity contribution is -0.0679. The van der Waals surface area contributed by atoms with E-state index in [0.29, 0.717) is 12.0 Å². The Kier molecular flexibility index (Phi) is 9.09. The maximum absolute atomic E-state index is 6.13. The van der Waals surface area contributed by atoms with Crippen LogP contribution in [0.15, 0.2) is 27.8 Å². The van der Waals surface area contributed by atoms with Crippen LogP contribution in [0.4, 0.5) is 0 Å². The van der Waals surface area contributed by atoms with Crippen molar-refractivity contribution in [1.82, 2.24) is 10.6 Å². The van der Waals surface area contributed by atoms with Crippen molar-refractivity contribution >= 4 is 41.7 Å². The zero-order chi connectivity index (χ0) is 17.5. The van der Waals surface area contributed by atoms with E-state index in [1.165, 1.54) is 12.2 Å². The Morgan fingerprint density at radius 1 is 1.46 bits per heavy atom. The highest BCUT2D eigenvalue weighted by Crippen LogP contribution is 2.38. The van der Waals surface area contributed by atoms with Gasteiger partial charge in [-0.2, -0.15) is 11.8 Å². The summed E-state index contributed by atoms with van der Waals surface area (Å²) in [5.41, 5.74) is 0.0951. The van der Waals surface area contributed by atoms with Crippen LogP contribution in [-0.2, 0) is 11.2 Å². The van der Waals surface area contributed by atoms with Gasteiger partial charge in [-0.15, -0.1) is 24.0 Å². The highest BCUT2D eigenvalue weighted by Gasteiger charge is 2.40. The number of guanidine groups is 1. The van der Waals surface area contributed by atoms with Gasteiger partial charge in [0, 0.05) is 37.9 Å². The van der Waals surface area contributed by atoms with Crippen LogP contribution >= 0.6 is 35.7 Å². The topological polar surface area (TPSA) is 58.8 Å². The summed E-state index contributed by atoms with van der Waals surface area (Å²) in [6, 6.07) is 4.39. The van der Waals surface area contributed by atoms with E-state index in [1.807, 2.05) is 23.9 Å². The molecule has 3 heterocycles. The molecule has 1 spiro atoms. The lowest BCUT2D eigenvalue weighted by Gasteiger charge is -2.38. The van der Waals surface area contributed by atoms with Gasteiger partial charge in [-0.3, -0.25) is 4.99 Å². The number of hydrogen-bond donors (Lipinski definition) is 2. The first-order chi connectivity index (χ1) is 12.2. The Morgan fingerprint density at radius 2 is 2.35 bits per heavy atom. The van der Waals surface area contributed by atoms with E-state index >= 15 is 0 Å². The predicted octanol–water partition coefficient (Wildman–Crippen LogP) is 3.69. The van der Waals surface area contributed by atoms with Gasteiger partial charge >= 0.3 is 0 Å². The Bertz CT molecular complexity index is 545. The van der Waals surface area contributed by atoms with E-state index in [9.17, 15) is 0 Å². The van der Waals surface area contributed by atoms with E-state index in [4.69, 9.17) is 14.1 Å². The minimum absolute atomic E-state index is 0. The van der Waals surface area contributed by atoms with Crippen LogP contribution in [0.2, 0.25) is 0 Å². The lowest BCUT2D eigenvalue weighted by atomic mass is 9.90. The summed E-state index contributed by atoms with van der Waals surface area (Å²) in [7, 11) is 0. The monoisotopic (exact) mass is 493 g/mol. The van der Waals surface area contributed by atoms with Gasteiger partial charge in [-0.05, 0) is 43.1 Å². The number of nitrogens with zero attached hydrogens (tertiary/aromatic N) is 1. The van der Waals surface area contributed by atoms with Crippen LogP contribution in [0.3, 0.4) is 0 Å². The third-order valence-corrected chi connectivity index (χ3v) is 5.98. The molecule has 0 bridgehead atoms. The first-order valence-electron chi connectivity index (χ1n) is 9.44. The minimum Gasteiger partial charge on any atom is -0.469 e. The Hall–Kier alpha value is -0.410. The number of aliphatic imine (C=N–C) groups is 1. The van der Waals surface area contributed by atoms with E-state index in [-0.39, 0.29) is 29.6 Å². The van der Waals surface area contributed by atoms with Gasteiger partial charge in [0.2, 0.25) is 0 Å². The highest BCUT2D eigenvalue weighted by molar-refractivity contribution is 14.0. The molecular weight excluding hydrogens is 461 g/mol. The zero-order valence-electron chi connectivity index (χ0n) is 15.8. The molecule has 1 aromatic heterocycles. The molecule has 5 nitrogen and oxygen atoms in total. The zero-order valence-corrected chi connectivity index (χ0v) is 19.0. The molecule has 2 aliphatic heterocycles. The summed E-state index contributed by atoms with van der Waals surface area (Å²) in [6.07, 6.45) is 5.90. The molecule has 0 radical (unpaired) electrons. The average Bonchev–Trinajstić information content (AvgIpc) is 3.25. The molecule has 148 valence electrons. The molecule has 2 saturated heterocycles. The number of hydrogen-bond acceptors (Lipinski definition) is 4. The Balaban J connectivity index is 0.00000243. The molecule has 2 N–H and O–H groups in total. The molecule has 2 atom stereocenters. The van der Waals surface area contributed by atoms with E-state index in [1.54, 1.807) is 6.26 Å². The summed E-state index contributed by atoms with van der Waals surface area (Å²) >= 11 is 2.02. The van der Waals surface area contributed by atoms with Crippen LogP contribution in [0.25, 0.3) is 0 Å². The molecule has 26 heavy (non-hydrogen) atoms. The Labute approximate surface area is 178 Å². The predicted molar refractivity (Wildman–Crippen MR) is 120 cm³/mol. The first-order valence-corrected chi connectivity index (χ1v) is 10.6. The maximum Gasteiger partial charge on any atom is 0.191 e. The van der Waals surface area contributed by atoms with Gasteiger partial charge in [0.05, 0.1) is 11.9 Å². The number of halogens is 1. The number of nitrogens with one attached hydrogen (secondary N) is 2. The summed E-state index contributed by atoms with van der Waals surface area (Å²) in [4.78, 5) is 4.77. The van der Waals surface area contributed by atoms with Gasteiger partial charge in [0.25, 0.3) is 0 Å². The van der Waals surface area contributed by atoms with Crippen molar-refractivity contribution in [2.24, 2.45) is 10.9 Å². The third-order valence-electron chi connectivity index (χ3n) is 4.76. The largest absolute Gasteiger partial charge is 0.469 e. The summed E-state index contributed by atoms with van der Waals surface area (Å²) in [5, 5.41) is 7.13. The van der Waals surface area contributed by atoms with Crippen LogP contribution < -0.4 is 10.6 Å². The second kappa shape index (κ2) is 10.8. The highest BCUT2D eigenvalue weighted by atomic mass is 127. The second-order valence-electron chi connectivity index (χ2n) is 7.51. The van der Waals surface area contributed by atoms with Gasteiger partial charge in [0.15, 0.2) is 5.96 Å². The molecule has 0 saturated carbocycles. The van der Waals surface area contributed by atoms with Gasteiger partial charge < -0.3 is 19.8 Å². The van der Waals surface area contributed by atoms with Gasteiger partial charge in [-0.1, -0.05) is 13.8 Å². The number of thioether (sulfide) groups is 1. The van der Waals surface area contributed by atoms with Gasteiger partial charge in [-0.25, -0.2) is 0 Å². The average molecular weight is 493 g/mol. The summed E-state index contributed by atoms with van der Waals surface area (Å²) in [6.45, 7) is 6.90. The summed E-state index contributed by atoms with van der Waals surface area (Å²) < 4.78 is 11.5. The maximum atomic E-state index is 6.13. The smallest absolute Gasteiger partial charge is 0.191 e. The molecule has 7 heteroatoms. The second-order valence-corrected chi connectivity index (χ2v) is 8.61. The van der Waals surface area contributed by atoms with Crippen LogP contribution in [-0.4, -0.2) is 48.8 Å². The fraction of sp³-hybridized carbons (Fsp3) is 0.737. The SMILES string of the molecule is CC(C)CN=C(NCCc1ccco1)NC1CCOC2(CCSC2)C1.I. The van der Waals surface area contributed by atoms with Crippen molar-refractivity contribution in [3.63, 3.8) is 0 Å². The van der Waals surface area contributed by atoms with E-state index in [2.05, 4.69) is 24.5 Å². The van der Waals surface area contributed by atoms with Crippen molar-refractivity contribution in [2.75, 3.05) is 31.2 Å².